The van der Waals surface area contributed by atoms with Crippen LogP contribution >= 0.6 is 0 Å². The number of benzene rings is 1. The number of amides is 1. The van der Waals surface area contributed by atoms with Gasteiger partial charge in [0.25, 0.3) is 5.91 Å². The molecule has 3 rings (SSSR count). The summed E-state index contributed by atoms with van der Waals surface area (Å²) in [5.41, 5.74) is 1.86. The molecule has 0 aliphatic carbocycles. The highest BCUT2D eigenvalue weighted by Gasteiger charge is 2.13. The molecule has 0 atom stereocenters. The Bertz CT molecular complexity index is 983. The summed E-state index contributed by atoms with van der Waals surface area (Å²) >= 11 is 0. The number of ether oxygens (including phenoxy) is 1. The Labute approximate surface area is 144 Å². The zero-order valence-corrected chi connectivity index (χ0v) is 14.3. The predicted molar refractivity (Wildman–Crippen MR) is 93.0 cm³/mol. The minimum atomic E-state index is -0.370. The van der Waals surface area contributed by atoms with Crippen LogP contribution in [0.3, 0.4) is 0 Å². The molecule has 0 fully saturated rings. The van der Waals surface area contributed by atoms with Crippen LogP contribution in [0.25, 0.3) is 11.0 Å². The van der Waals surface area contributed by atoms with E-state index >= 15 is 0 Å². The second-order valence-electron chi connectivity index (χ2n) is 5.64. The first-order valence-electron chi connectivity index (χ1n) is 8.03. The van der Waals surface area contributed by atoms with Gasteiger partial charge in [0.1, 0.15) is 23.7 Å². The molecule has 0 saturated heterocycles. The first-order chi connectivity index (χ1) is 12.0. The van der Waals surface area contributed by atoms with E-state index in [2.05, 4.69) is 5.32 Å². The zero-order valence-electron chi connectivity index (χ0n) is 14.3. The first kappa shape index (κ1) is 16.8. The number of aryl methyl sites for hydroxylation is 2. The Kier molecular flexibility index (Phi) is 4.61. The van der Waals surface area contributed by atoms with Crippen LogP contribution in [0.5, 0.6) is 5.75 Å². The van der Waals surface area contributed by atoms with Gasteiger partial charge >= 0.3 is 5.63 Å². The molecule has 3 aromatic rings. The second kappa shape index (κ2) is 6.84. The van der Waals surface area contributed by atoms with Crippen molar-refractivity contribution in [3.8, 4) is 5.75 Å². The van der Waals surface area contributed by atoms with E-state index in [4.69, 9.17) is 13.6 Å². The highest BCUT2D eigenvalue weighted by atomic mass is 16.5. The SMILES string of the molecule is CCc1cc(=O)oc2c(C)c(OCc3ccc(C(=O)NC)o3)ccc12. The van der Waals surface area contributed by atoms with E-state index in [9.17, 15) is 9.59 Å². The molecule has 1 aromatic carbocycles. The van der Waals surface area contributed by atoms with Gasteiger partial charge in [-0.1, -0.05) is 6.92 Å². The fraction of sp³-hybridized carbons (Fsp3) is 0.263. The summed E-state index contributed by atoms with van der Waals surface area (Å²) in [5.74, 6) is 1.07. The van der Waals surface area contributed by atoms with Crippen molar-refractivity contribution in [2.45, 2.75) is 26.9 Å². The van der Waals surface area contributed by atoms with E-state index in [0.29, 0.717) is 17.1 Å². The molecule has 6 heteroatoms. The lowest BCUT2D eigenvalue weighted by atomic mass is 10.0. The van der Waals surface area contributed by atoms with Gasteiger partial charge in [0.2, 0.25) is 0 Å². The van der Waals surface area contributed by atoms with Crippen molar-refractivity contribution in [3.05, 3.63) is 63.4 Å². The molecule has 0 saturated carbocycles. The normalized spacial score (nSPS) is 10.8. The quantitative estimate of drug-likeness (QED) is 0.721. The Morgan fingerprint density at radius 3 is 2.72 bits per heavy atom. The van der Waals surface area contributed by atoms with Crippen LogP contribution in [0.1, 0.15) is 34.4 Å². The Balaban J connectivity index is 1.87. The number of carbonyl (C=O) groups excluding carboxylic acids is 1. The third-order valence-corrected chi connectivity index (χ3v) is 4.06. The average Bonchev–Trinajstić information content (AvgIpc) is 3.09. The maximum atomic E-state index is 11.7. The lowest BCUT2D eigenvalue weighted by Crippen LogP contribution is -2.16. The maximum absolute atomic E-state index is 11.7. The van der Waals surface area contributed by atoms with E-state index in [1.54, 1.807) is 12.1 Å². The zero-order chi connectivity index (χ0) is 18.0. The van der Waals surface area contributed by atoms with Gasteiger partial charge in [-0.15, -0.1) is 0 Å². The van der Waals surface area contributed by atoms with Gasteiger partial charge in [-0.05, 0) is 43.2 Å². The number of nitrogens with one attached hydrogen (secondary N) is 1. The van der Waals surface area contributed by atoms with Gasteiger partial charge in [-0.2, -0.15) is 0 Å². The van der Waals surface area contributed by atoms with Crippen molar-refractivity contribution in [2.24, 2.45) is 0 Å². The largest absolute Gasteiger partial charge is 0.485 e. The second-order valence-corrected chi connectivity index (χ2v) is 5.64. The van der Waals surface area contributed by atoms with Gasteiger partial charge in [0.05, 0.1) is 0 Å². The molecule has 0 aliphatic rings. The molecule has 0 unspecified atom stereocenters. The number of carbonyl (C=O) groups is 1. The van der Waals surface area contributed by atoms with Crippen LogP contribution < -0.4 is 15.7 Å². The van der Waals surface area contributed by atoms with Crippen LogP contribution in [0.15, 0.2) is 44.0 Å². The van der Waals surface area contributed by atoms with Gasteiger partial charge < -0.3 is 18.9 Å². The molecular formula is C19H19NO5. The Hall–Kier alpha value is -3.02. The van der Waals surface area contributed by atoms with Crippen LogP contribution in [-0.4, -0.2) is 13.0 Å². The Morgan fingerprint density at radius 1 is 1.20 bits per heavy atom. The molecule has 1 amide bonds. The van der Waals surface area contributed by atoms with Crippen LogP contribution in [0.2, 0.25) is 0 Å². The molecular weight excluding hydrogens is 322 g/mol. The summed E-state index contributed by atoms with van der Waals surface area (Å²) in [4.78, 5) is 23.2. The number of furan rings is 1. The van der Waals surface area contributed by atoms with Crippen molar-refractivity contribution in [2.75, 3.05) is 7.05 Å². The van der Waals surface area contributed by atoms with E-state index < -0.39 is 0 Å². The van der Waals surface area contributed by atoms with Crippen molar-refractivity contribution in [3.63, 3.8) is 0 Å². The lowest BCUT2D eigenvalue weighted by molar-refractivity contribution is 0.0931. The number of hydrogen-bond donors (Lipinski definition) is 1. The summed E-state index contributed by atoms with van der Waals surface area (Å²) < 4.78 is 16.6. The predicted octanol–water partition coefficient (Wildman–Crippen LogP) is 3.20. The third kappa shape index (κ3) is 3.28. The molecule has 6 nitrogen and oxygen atoms in total. The summed E-state index contributed by atoms with van der Waals surface area (Å²) in [6, 6.07) is 8.54. The lowest BCUT2D eigenvalue weighted by Gasteiger charge is -2.11. The standard InChI is InChI=1S/C19H19NO5/c1-4-12-9-17(21)25-18-11(2)15(8-6-14(12)18)23-10-13-5-7-16(24-13)19(22)20-3/h5-9H,4,10H2,1-3H3,(H,20,22). The van der Waals surface area contributed by atoms with E-state index in [0.717, 1.165) is 22.9 Å². The van der Waals surface area contributed by atoms with Gasteiger partial charge in [-0.25, -0.2) is 4.79 Å². The van der Waals surface area contributed by atoms with Crippen molar-refractivity contribution in [1.29, 1.82) is 0 Å². The van der Waals surface area contributed by atoms with Crippen LogP contribution in [0.4, 0.5) is 0 Å². The van der Waals surface area contributed by atoms with E-state index in [-0.39, 0.29) is 23.9 Å². The molecule has 2 aromatic heterocycles. The molecule has 1 N–H and O–H groups in total. The number of fused-ring (bicyclic) bond motifs is 1. The van der Waals surface area contributed by atoms with Crippen molar-refractivity contribution < 1.29 is 18.4 Å². The number of rotatable bonds is 5. The smallest absolute Gasteiger partial charge is 0.336 e. The minimum absolute atomic E-state index is 0.168. The van der Waals surface area contributed by atoms with E-state index in [1.807, 2.05) is 26.0 Å². The summed E-state index contributed by atoms with van der Waals surface area (Å²) in [5, 5.41) is 3.41. The molecule has 2 heterocycles. The third-order valence-electron chi connectivity index (χ3n) is 4.06. The van der Waals surface area contributed by atoms with Crippen molar-refractivity contribution >= 4 is 16.9 Å². The molecule has 25 heavy (non-hydrogen) atoms. The highest BCUT2D eigenvalue weighted by Crippen LogP contribution is 2.29. The first-order valence-corrected chi connectivity index (χ1v) is 8.03. The fourth-order valence-electron chi connectivity index (χ4n) is 2.71. The Morgan fingerprint density at radius 2 is 2.00 bits per heavy atom. The monoisotopic (exact) mass is 341 g/mol. The summed E-state index contributed by atoms with van der Waals surface area (Å²) in [7, 11) is 1.54. The van der Waals surface area contributed by atoms with Gasteiger partial charge in [-0.3, -0.25) is 4.79 Å². The van der Waals surface area contributed by atoms with Gasteiger partial charge in [0, 0.05) is 24.1 Å². The molecule has 130 valence electrons. The van der Waals surface area contributed by atoms with Crippen LogP contribution in [-0.2, 0) is 13.0 Å². The average molecular weight is 341 g/mol. The minimum Gasteiger partial charge on any atom is -0.485 e. The summed E-state index contributed by atoms with van der Waals surface area (Å²) in [6.45, 7) is 4.01. The van der Waals surface area contributed by atoms with Gasteiger partial charge in [0.15, 0.2) is 5.76 Å². The summed E-state index contributed by atoms with van der Waals surface area (Å²) in [6.07, 6.45) is 0.746. The molecule has 0 aliphatic heterocycles. The van der Waals surface area contributed by atoms with Crippen molar-refractivity contribution in [1.82, 2.24) is 5.32 Å². The molecule has 0 radical (unpaired) electrons. The molecule has 0 spiro atoms. The number of hydrogen-bond acceptors (Lipinski definition) is 5. The fourth-order valence-corrected chi connectivity index (χ4v) is 2.71. The topological polar surface area (TPSA) is 81.7 Å². The highest BCUT2D eigenvalue weighted by molar-refractivity contribution is 5.91. The maximum Gasteiger partial charge on any atom is 0.336 e. The van der Waals surface area contributed by atoms with E-state index in [1.165, 1.54) is 13.1 Å². The van der Waals surface area contributed by atoms with Crippen LogP contribution in [0, 0.1) is 6.92 Å². The molecule has 0 bridgehead atoms.